The van der Waals surface area contributed by atoms with Crippen molar-refractivity contribution >= 4 is 17.7 Å². The van der Waals surface area contributed by atoms with Gasteiger partial charge < -0.3 is 14.6 Å². The van der Waals surface area contributed by atoms with Crippen molar-refractivity contribution in [1.29, 1.82) is 0 Å². The van der Waals surface area contributed by atoms with E-state index < -0.39 is 0 Å². The van der Waals surface area contributed by atoms with Gasteiger partial charge >= 0.3 is 0 Å². The number of aromatic nitrogens is 1. The van der Waals surface area contributed by atoms with Crippen LogP contribution in [0.2, 0.25) is 0 Å². The fourth-order valence-electron chi connectivity index (χ4n) is 3.24. The van der Waals surface area contributed by atoms with Crippen molar-refractivity contribution in [2.24, 2.45) is 5.92 Å². The van der Waals surface area contributed by atoms with Gasteiger partial charge in [-0.3, -0.25) is 4.79 Å². The highest BCUT2D eigenvalue weighted by atomic mass is 32.2. The van der Waals surface area contributed by atoms with Crippen LogP contribution < -0.4 is 5.32 Å². The number of rotatable bonds is 4. The first-order valence-corrected chi connectivity index (χ1v) is 8.30. The van der Waals surface area contributed by atoms with Crippen molar-refractivity contribution in [2.45, 2.75) is 22.6 Å². The molecule has 2 aliphatic heterocycles. The molecule has 3 atom stereocenters. The normalized spacial score (nSPS) is 26.3. The molecular formula is C16H17N3O2S. The quantitative estimate of drug-likeness (QED) is 0.938. The highest BCUT2D eigenvalue weighted by molar-refractivity contribution is 7.99. The number of nitrogens with one attached hydrogen (secondary N) is 1. The molecular weight excluding hydrogens is 298 g/mol. The second-order valence-corrected chi connectivity index (χ2v) is 6.84. The lowest BCUT2D eigenvalue weighted by molar-refractivity contribution is 0.0924. The summed E-state index contributed by atoms with van der Waals surface area (Å²) < 4.78 is 5.20. The van der Waals surface area contributed by atoms with Gasteiger partial charge in [-0.2, -0.15) is 0 Å². The Bertz CT molecular complexity index is 657. The van der Waals surface area contributed by atoms with Crippen LogP contribution in [0.5, 0.6) is 0 Å². The predicted molar refractivity (Wildman–Crippen MR) is 82.9 cm³/mol. The molecule has 3 heterocycles. The molecule has 1 aromatic heterocycles. The van der Waals surface area contributed by atoms with E-state index in [4.69, 9.17) is 4.42 Å². The number of oxazole rings is 1. The zero-order valence-corrected chi connectivity index (χ0v) is 12.9. The van der Waals surface area contributed by atoms with Crippen molar-refractivity contribution in [3.63, 3.8) is 0 Å². The van der Waals surface area contributed by atoms with Gasteiger partial charge in [0.05, 0.1) is 6.20 Å². The molecule has 4 rings (SSSR count). The Labute approximate surface area is 133 Å². The Morgan fingerprint density at radius 2 is 2.18 bits per heavy atom. The standard InChI is InChI=1S/C16H17N3O2S/c20-15(18-14-10-19-7-5-12(14)9-19)11-1-3-13(4-2-11)22-16-17-6-8-21-16/h1-4,6,8,12,14H,5,7,9-10H2,(H,18,20). The minimum Gasteiger partial charge on any atom is -0.440 e. The van der Waals surface area contributed by atoms with Gasteiger partial charge in [-0.15, -0.1) is 0 Å². The Morgan fingerprint density at radius 3 is 2.82 bits per heavy atom. The van der Waals surface area contributed by atoms with E-state index in [-0.39, 0.29) is 5.91 Å². The number of benzene rings is 1. The maximum atomic E-state index is 12.3. The van der Waals surface area contributed by atoms with Crippen LogP contribution in [0, 0.1) is 5.92 Å². The third-order valence-electron chi connectivity index (χ3n) is 4.38. The number of carbonyl (C=O) groups excluding carboxylic acids is 1. The molecule has 5 nitrogen and oxygen atoms in total. The lowest BCUT2D eigenvalue weighted by Crippen LogP contribution is -2.43. The molecule has 2 bridgehead atoms. The van der Waals surface area contributed by atoms with Crippen molar-refractivity contribution in [3.8, 4) is 0 Å². The van der Waals surface area contributed by atoms with E-state index in [9.17, 15) is 4.79 Å². The number of hydrogen-bond acceptors (Lipinski definition) is 5. The Hall–Kier alpha value is -1.79. The molecule has 1 N–H and O–H groups in total. The largest absolute Gasteiger partial charge is 0.440 e. The third kappa shape index (κ3) is 2.76. The zero-order valence-electron chi connectivity index (χ0n) is 12.1. The predicted octanol–water partition coefficient (Wildman–Crippen LogP) is 2.26. The second-order valence-electron chi connectivity index (χ2n) is 5.81. The Kier molecular flexibility index (Phi) is 3.63. The number of amides is 1. The summed E-state index contributed by atoms with van der Waals surface area (Å²) in [5.74, 6) is 0.648. The van der Waals surface area contributed by atoms with Gasteiger partial charge in [0.15, 0.2) is 0 Å². The van der Waals surface area contributed by atoms with E-state index in [1.54, 1.807) is 12.5 Å². The molecule has 3 unspecified atom stereocenters. The highest BCUT2D eigenvalue weighted by Gasteiger charge is 2.38. The van der Waals surface area contributed by atoms with E-state index in [0.29, 0.717) is 22.7 Å². The summed E-state index contributed by atoms with van der Waals surface area (Å²) in [6, 6.07) is 7.87. The SMILES string of the molecule is O=C(NC1CN2CCC1C2)c1ccc(Sc2ncco2)cc1. The summed E-state index contributed by atoms with van der Waals surface area (Å²) in [6.45, 7) is 3.31. The van der Waals surface area contributed by atoms with Crippen LogP contribution in [0.15, 0.2) is 51.3 Å². The topological polar surface area (TPSA) is 58.4 Å². The lowest BCUT2D eigenvalue weighted by atomic mass is 9.99. The first-order valence-electron chi connectivity index (χ1n) is 7.48. The van der Waals surface area contributed by atoms with Crippen LogP contribution in [0.25, 0.3) is 0 Å². The monoisotopic (exact) mass is 315 g/mol. The molecule has 2 aliphatic rings. The van der Waals surface area contributed by atoms with Crippen LogP contribution in [-0.2, 0) is 0 Å². The average molecular weight is 315 g/mol. The average Bonchev–Trinajstić information content (AvgIpc) is 3.25. The summed E-state index contributed by atoms with van der Waals surface area (Å²) >= 11 is 1.44. The summed E-state index contributed by atoms with van der Waals surface area (Å²) in [5, 5.41) is 3.78. The minimum atomic E-state index is 0.0198. The molecule has 0 aliphatic carbocycles. The van der Waals surface area contributed by atoms with Gasteiger partial charge in [-0.05, 0) is 54.9 Å². The smallest absolute Gasteiger partial charge is 0.260 e. The molecule has 6 heteroatoms. The van der Waals surface area contributed by atoms with Crippen LogP contribution in [0.4, 0.5) is 0 Å². The van der Waals surface area contributed by atoms with E-state index in [1.807, 2.05) is 24.3 Å². The molecule has 1 aromatic carbocycles. The summed E-state index contributed by atoms with van der Waals surface area (Å²) in [4.78, 5) is 19.8. The summed E-state index contributed by atoms with van der Waals surface area (Å²) in [5.41, 5.74) is 0.703. The van der Waals surface area contributed by atoms with Crippen LogP contribution in [0.1, 0.15) is 16.8 Å². The molecule has 2 saturated heterocycles. The van der Waals surface area contributed by atoms with E-state index in [0.717, 1.165) is 18.0 Å². The van der Waals surface area contributed by atoms with Crippen LogP contribution >= 0.6 is 11.8 Å². The molecule has 22 heavy (non-hydrogen) atoms. The fourth-order valence-corrected chi connectivity index (χ4v) is 3.93. The molecule has 1 amide bonds. The Balaban J connectivity index is 1.38. The maximum Gasteiger partial charge on any atom is 0.260 e. The van der Waals surface area contributed by atoms with E-state index >= 15 is 0 Å². The van der Waals surface area contributed by atoms with Gasteiger partial charge in [-0.25, -0.2) is 4.98 Å². The number of fused-ring (bicyclic) bond motifs is 2. The first kappa shape index (κ1) is 13.8. The van der Waals surface area contributed by atoms with Gasteiger partial charge in [-0.1, -0.05) is 0 Å². The minimum absolute atomic E-state index is 0.0198. The first-order chi connectivity index (χ1) is 10.8. The van der Waals surface area contributed by atoms with Crippen LogP contribution in [-0.4, -0.2) is 41.5 Å². The summed E-state index contributed by atoms with van der Waals surface area (Å²) in [7, 11) is 0. The lowest BCUT2D eigenvalue weighted by Gasteiger charge is -2.23. The summed E-state index contributed by atoms with van der Waals surface area (Å²) in [6.07, 6.45) is 4.38. The van der Waals surface area contributed by atoms with Crippen LogP contribution in [0.3, 0.4) is 0 Å². The molecule has 0 spiro atoms. The van der Waals surface area contributed by atoms with E-state index in [2.05, 4.69) is 15.2 Å². The van der Waals surface area contributed by atoms with Gasteiger partial charge in [0.2, 0.25) is 0 Å². The number of nitrogens with zero attached hydrogens (tertiary/aromatic N) is 2. The van der Waals surface area contributed by atoms with Crippen molar-refractivity contribution in [3.05, 3.63) is 42.3 Å². The Morgan fingerprint density at radius 1 is 1.32 bits per heavy atom. The number of hydrogen-bond donors (Lipinski definition) is 1. The molecule has 0 saturated carbocycles. The van der Waals surface area contributed by atoms with Gasteiger partial charge in [0, 0.05) is 29.6 Å². The number of piperidine rings is 1. The third-order valence-corrected chi connectivity index (χ3v) is 5.26. The van der Waals surface area contributed by atoms with Crippen molar-refractivity contribution < 1.29 is 9.21 Å². The molecule has 2 fully saturated rings. The second kappa shape index (κ2) is 5.78. The molecule has 114 valence electrons. The van der Waals surface area contributed by atoms with Crippen molar-refractivity contribution in [2.75, 3.05) is 19.6 Å². The highest BCUT2D eigenvalue weighted by Crippen LogP contribution is 2.28. The fraction of sp³-hybridized carbons (Fsp3) is 0.375. The van der Waals surface area contributed by atoms with Gasteiger partial charge in [0.1, 0.15) is 6.26 Å². The number of carbonyl (C=O) groups is 1. The molecule has 2 aromatic rings. The van der Waals surface area contributed by atoms with E-state index in [1.165, 1.54) is 24.7 Å². The van der Waals surface area contributed by atoms with Gasteiger partial charge in [0.25, 0.3) is 11.1 Å². The zero-order chi connectivity index (χ0) is 14.9. The molecule has 0 radical (unpaired) electrons. The van der Waals surface area contributed by atoms with Crippen molar-refractivity contribution in [1.82, 2.24) is 15.2 Å². The maximum absolute atomic E-state index is 12.3.